The van der Waals surface area contributed by atoms with Gasteiger partial charge in [-0.1, -0.05) is 0 Å². The Labute approximate surface area is 53.4 Å². The van der Waals surface area contributed by atoms with E-state index in [9.17, 15) is 9.59 Å². The highest BCUT2D eigenvalue weighted by atomic mass is 16.2. The number of rotatable bonds is 0. The summed E-state index contributed by atoms with van der Waals surface area (Å²) in [5, 5.41) is 2.19. The zero-order chi connectivity index (χ0) is 6.85. The first-order valence-corrected chi connectivity index (χ1v) is 2.84. The Morgan fingerprint density at radius 3 is 2.11 bits per heavy atom. The lowest BCUT2D eigenvalue weighted by Crippen LogP contribution is -2.37. The van der Waals surface area contributed by atoms with Crippen molar-refractivity contribution in [1.29, 1.82) is 0 Å². The summed E-state index contributed by atoms with van der Waals surface area (Å²) in [6, 6.07) is 0. The lowest BCUT2D eigenvalue weighted by atomic mass is 10.00. The van der Waals surface area contributed by atoms with Crippen LogP contribution in [0.1, 0.15) is 12.8 Å². The molecule has 0 unspecified atom stereocenters. The molecule has 0 spiro atoms. The van der Waals surface area contributed by atoms with E-state index in [1.807, 2.05) is 0 Å². The molecule has 0 aromatic rings. The van der Waals surface area contributed by atoms with Crippen molar-refractivity contribution in [1.82, 2.24) is 5.32 Å². The van der Waals surface area contributed by atoms with E-state index in [4.69, 9.17) is 0 Å². The minimum absolute atomic E-state index is 0.0220. The Morgan fingerprint density at radius 2 is 1.78 bits per heavy atom. The normalized spacial score (nSPS) is 21.9. The summed E-state index contributed by atoms with van der Waals surface area (Å²) in [6.07, 6.45) is 0.761. The molecule has 0 saturated carbocycles. The predicted octanol–water partition coefficient (Wildman–Crippen LogP) is -0.127. The number of amides is 2. The van der Waals surface area contributed by atoms with Gasteiger partial charge >= 0.3 is 0 Å². The van der Waals surface area contributed by atoms with Crippen LogP contribution in [0.2, 0.25) is 0 Å². The van der Waals surface area contributed by atoms with E-state index in [1.165, 1.54) is 0 Å². The molecule has 1 saturated heterocycles. The molecule has 1 rings (SSSR count). The molecule has 0 aromatic heterocycles. The molecule has 0 atom stereocenters. The molecular formula is C6H8NO2. The second-order valence-electron chi connectivity index (χ2n) is 2.25. The number of piperidine rings is 1. The Balaban J connectivity index is 2.53. The van der Waals surface area contributed by atoms with Crippen molar-refractivity contribution in [3.8, 4) is 0 Å². The van der Waals surface area contributed by atoms with Crippen LogP contribution in [0.3, 0.4) is 0 Å². The Bertz CT molecular complexity index is 137. The summed E-state index contributed by atoms with van der Waals surface area (Å²) in [4.78, 5) is 21.0. The average Bonchev–Trinajstić information content (AvgIpc) is 1.59. The van der Waals surface area contributed by atoms with Crippen LogP contribution >= 0.6 is 0 Å². The minimum Gasteiger partial charge on any atom is -0.296 e. The highest BCUT2D eigenvalue weighted by Gasteiger charge is 2.20. The highest BCUT2D eigenvalue weighted by molar-refractivity contribution is 5.97. The van der Waals surface area contributed by atoms with Crippen LogP contribution < -0.4 is 5.32 Å². The molecule has 2 amide bonds. The first-order valence-electron chi connectivity index (χ1n) is 2.84. The van der Waals surface area contributed by atoms with E-state index in [2.05, 4.69) is 12.2 Å². The first-order chi connectivity index (χ1) is 4.18. The van der Waals surface area contributed by atoms with Gasteiger partial charge < -0.3 is 0 Å². The van der Waals surface area contributed by atoms with E-state index < -0.39 is 0 Å². The van der Waals surface area contributed by atoms with Crippen LogP contribution in [0.4, 0.5) is 0 Å². The lowest BCUT2D eigenvalue weighted by Gasteiger charge is -2.15. The topological polar surface area (TPSA) is 46.2 Å². The largest absolute Gasteiger partial charge is 0.296 e. The molecule has 1 N–H and O–H groups in total. The predicted molar refractivity (Wildman–Crippen MR) is 31.2 cm³/mol. The standard InChI is InChI=1S/C6H8NO2/c1-4-2-5(8)7-6(9)3-4/h4H,1-3H2,(H,7,8,9). The molecule has 1 fully saturated rings. The fourth-order valence-electron chi connectivity index (χ4n) is 0.854. The van der Waals surface area contributed by atoms with Gasteiger partial charge in [-0.15, -0.1) is 0 Å². The number of hydrogen-bond acceptors (Lipinski definition) is 2. The van der Waals surface area contributed by atoms with Crippen LogP contribution in [0, 0.1) is 12.8 Å². The summed E-state index contributed by atoms with van der Waals surface area (Å²) in [5.74, 6) is -0.427. The summed E-state index contributed by atoms with van der Waals surface area (Å²) in [6.45, 7) is 3.62. The molecule has 1 radical (unpaired) electrons. The summed E-state index contributed by atoms with van der Waals surface area (Å²) >= 11 is 0. The third-order valence-electron chi connectivity index (χ3n) is 1.23. The SMILES string of the molecule is [CH2]C1CC(=O)NC(=O)C1. The van der Waals surface area contributed by atoms with Gasteiger partial charge in [0, 0.05) is 12.8 Å². The Kier molecular flexibility index (Phi) is 1.51. The van der Waals surface area contributed by atoms with Gasteiger partial charge in [0.25, 0.3) is 0 Å². The number of nitrogens with one attached hydrogen (secondary N) is 1. The average molecular weight is 126 g/mol. The molecule has 1 aliphatic rings. The second-order valence-corrected chi connectivity index (χ2v) is 2.25. The monoisotopic (exact) mass is 126 g/mol. The van der Waals surface area contributed by atoms with Gasteiger partial charge in [-0.25, -0.2) is 0 Å². The molecule has 3 heteroatoms. The fraction of sp³-hybridized carbons (Fsp3) is 0.500. The maximum Gasteiger partial charge on any atom is 0.226 e. The van der Waals surface area contributed by atoms with E-state index >= 15 is 0 Å². The highest BCUT2D eigenvalue weighted by Crippen LogP contribution is 2.10. The molecule has 9 heavy (non-hydrogen) atoms. The van der Waals surface area contributed by atoms with E-state index in [1.54, 1.807) is 0 Å². The Morgan fingerprint density at radius 1 is 1.33 bits per heavy atom. The van der Waals surface area contributed by atoms with Crippen molar-refractivity contribution >= 4 is 11.8 Å². The number of carbonyl (C=O) groups excluding carboxylic acids is 2. The maximum atomic E-state index is 10.5. The molecule has 0 aromatic carbocycles. The molecule has 1 heterocycles. The van der Waals surface area contributed by atoms with Gasteiger partial charge in [0.2, 0.25) is 11.8 Å². The fourth-order valence-corrected chi connectivity index (χ4v) is 0.854. The van der Waals surface area contributed by atoms with Crippen LogP contribution in [0.5, 0.6) is 0 Å². The van der Waals surface area contributed by atoms with Gasteiger partial charge in [-0.3, -0.25) is 14.9 Å². The molecule has 3 nitrogen and oxygen atoms in total. The maximum absolute atomic E-state index is 10.5. The van der Waals surface area contributed by atoms with Crippen molar-refractivity contribution in [3.05, 3.63) is 6.92 Å². The zero-order valence-corrected chi connectivity index (χ0v) is 5.02. The minimum atomic E-state index is -0.203. The van der Waals surface area contributed by atoms with E-state index in [0.717, 1.165) is 0 Å². The molecular weight excluding hydrogens is 118 g/mol. The van der Waals surface area contributed by atoms with Crippen molar-refractivity contribution in [2.45, 2.75) is 12.8 Å². The van der Waals surface area contributed by atoms with Crippen LogP contribution in [0.25, 0.3) is 0 Å². The Hall–Kier alpha value is -0.860. The van der Waals surface area contributed by atoms with Crippen molar-refractivity contribution in [2.75, 3.05) is 0 Å². The van der Waals surface area contributed by atoms with E-state index in [0.29, 0.717) is 12.8 Å². The molecule has 0 bridgehead atoms. The second kappa shape index (κ2) is 2.17. The van der Waals surface area contributed by atoms with Crippen LogP contribution in [0.15, 0.2) is 0 Å². The van der Waals surface area contributed by atoms with E-state index in [-0.39, 0.29) is 17.7 Å². The van der Waals surface area contributed by atoms with Gasteiger partial charge in [0.1, 0.15) is 0 Å². The number of imide groups is 1. The lowest BCUT2D eigenvalue weighted by molar-refractivity contribution is -0.134. The smallest absolute Gasteiger partial charge is 0.226 e. The van der Waals surface area contributed by atoms with Crippen LogP contribution in [-0.4, -0.2) is 11.8 Å². The van der Waals surface area contributed by atoms with Gasteiger partial charge in [-0.05, 0) is 12.8 Å². The summed E-state index contributed by atoms with van der Waals surface area (Å²) in [5.41, 5.74) is 0. The third kappa shape index (κ3) is 1.52. The van der Waals surface area contributed by atoms with Crippen molar-refractivity contribution in [3.63, 3.8) is 0 Å². The van der Waals surface area contributed by atoms with Crippen LogP contribution in [-0.2, 0) is 9.59 Å². The third-order valence-corrected chi connectivity index (χ3v) is 1.23. The summed E-state index contributed by atoms with van der Waals surface area (Å²) < 4.78 is 0. The van der Waals surface area contributed by atoms with Gasteiger partial charge in [0.05, 0.1) is 0 Å². The molecule has 1 aliphatic heterocycles. The number of carbonyl (C=O) groups is 2. The van der Waals surface area contributed by atoms with Crippen molar-refractivity contribution < 1.29 is 9.59 Å². The quantitative estimate of drug-likeness (QED) is 0.460. The molecule has 0 aliphatic carbocycles. The summed E-state index contributed by atoms with van der Waals surface area (Å²) in [7, 11) is 0. The van der Waals surface area contributed by atoms with Crippen molar-refractivity contribution in [2.24, 2.45) is 5.92 Å². The van der Waals surface area contributed by atoms with Gasteiger partial charge in [0.15, 0.2) is 0 Å². The number of hydrogen-bond donors (Lipinski definition) is 1. The first kappa shape index (κ1) is 6.26. The van der Waals surface area contributed by atoms with Gasteiger partial charge in [-0.2, -0.15) is 0 Å². The zero-order valence-electron chi connectivity index (χ0n) is 5.02. The molecule has 49 valence electrons.